The molecular weight excluding hydrogens is 344 g/mol. The SMILES string of the molecule is C=CCOc1ccccc1CN=C(NCC(=O)N(C)C)NCC1CCOC1. The number of guanidine groups is 1. The summed E-state index contributed by atoms with van der Waals surface area (Å²) in [6.45, 7) is 7.08. The number of hydrogen-bond donors (Lipinski definition) is 2. The summed E-state index contributed by atoms with van der Waals surface area (Å²) in [5, 5.41) is 6.43. The molecule has 1 aromatic rings. The van der Waals surface area contributed by atoms with E-state index in [1.165, 1.54) is 0 Å². The molecule has 27 heavy (non-hydrogen) atoms. The van der Waals surface area contributed by atoms with E-state index in [2.05, 4.69) is 22.2 Å². The van der Waals surface area contributed by atoms with E-state index in [9.17, 15) is 4.79 Å². The van der Waals surface area contributed by atoms with Crippen molar-refractivity contribution in [3.8, 4) is 5.75 Å². The van der Waals surface area contributed by atoms with E-state index in [1.807, 2.05) is 24.3 Å². The lowest BCUT2D eigenvalue weighted by Crippen LogP contribution is -2.44. The predicted octanol–water partition coefficient (Wildman–Crippen LogP) is 1.41. The third kappa shape index (κ3) is 7.30. The molecule has 0 radical (unpaired) electrons. The van der Waals surface area contributed by atoms with E-state index in [1.54, 1.807) is 25.1 Å². The zero-order valence-electron chi connectivity index (χ0n) is 16.2. The van der Waals surface area contributed by atoms with Crippen LogP contribution in [0.4, 0.5) is 0 Å². The molecular formula is C20H30N4O3. The van der Waals surface area contributed by atoms with Gasteiger partial charge in [-0.05, 0) is 12.5 Å². The summed E-state index contributed by atoms with van der Waals surface area (Å²) < 4.78 is 11.1. The van der Waals surface area contributed by atoms with Gasteiger partial charge in [0.05, 0.1) is 19.7 Å². The fourth-order valence-corrected chi connectivity index (χ4v) is 2.57. The number of carbonyl (C=O) groups is 1. The van der Waals surface area contributed by atoms with Crippen molar-refractivity contribution in [3.63, 3.8) is 0 Å². The number of para-hydroxylation sites is 1. The van der Waals surface area contributed by atoms with Gasteiger partial charge in [0.1, 0.15) is 12.4 Å². The van der Waals surface area contributed by atoms with E-state index >= 15 is 0 Å². The first-order valence-electron chi connectivity index (χ1n) is 9.21. The van der Waals surface area contributed by atoms with Crippen LogP contribution in [-0.4, -0.2) is 63.8 Å². The Morgan fingerprint density at radius 2 is 2.22 bits per heavy atom. The Balaban J connectivity index is 2.01. The Bertz CT molecular complexity index is 640. The average Bonchev–Trinajstić information content (AvgIpc) is 3.19. The van der Waals surface area contributed by atoms with Crippen molar-refractivity contribution in [3.05, 3.63) is 42.5 Å². The molecule has 0 saturated carbocycles. The van der Waals surface area contributed by atoms with Crippen LogP contribution in [0.25, 0.3) is 0 Å². The molecule has 1 amide bonds. The Kier molecular flexibility index (Phi) is 8.64. The van der Waals surface area contributed by atoms with Crippen molar-refractivity contribution >= 4 is 11.9 Å². The van der Waals surface area contributed by atoms with Gasteiger partial charge in [0, 0.05) is 38.7 Å². The largest absolute Gasteiger partial charge is 0.489 e. The highest BCUT2D eigenvalue weighted by Gasteiger charge is 2.16. The first-order chi connectivity index (χ1) is 13.1. The number of aliphatic imine (C=N–C) groups is 1. The van der Waals surface area contributed by atoms with Crippen LogP contribution in [0.1, 0.15) is 12.0 Å². The van der Waals surface area contributed by atoms with Gasteiger partial charge in [0.2, 0.25) is 5.91 Å². The minimum Gasteiger partial charge on any atom is -0.489 e. The van der Waals surface area contributed by atoms with Gasteiger partial charge in [-0.1, -0.05) is 30.9 Å². The summed E-state index contributed by atoms with van der Waals surface area (Å²) in [6.07, 6.45) is 2.75. The number of nitrogens with one attached hydrogen (secondary N) is 2. The predicted molar refractivity (Wildman–Crippen MR) is 107 cm³/mol. The van der Waals surface area contributed by atoms with Gasteiger partial charge in [0.15, 0.2) is 5.96 Å². The van der Waals surface area contributed by atoms with Crippen LogP contribution in [0.2, 0.25) is 0 Å². The molecule has 0 spiro atoms. The molecule has 1 aliphatic rings. The normalized spacial score (nSPS) is 16.7. The molecule has 1 aromatic carbocycles. The van der Waals surface area contributed by atoms with Gasteiger partial charge < -0.3 is 25.0 Å². The van der Waals surface area contributed by atoms with Crippen LogP contribution < -0.4 is 15.4 Å². The monoisotopic (exact) mass is 374 g/mol. The second-order valence-electron chi connectivity index (χ2n) is 6.62. The van der Waals surface area contributed by atoms with Gasteiger partial charge in [0.25, 0.3) is 0 Å². The molecule has 7 heteroatoms. The van der Waals surface area contributed by atoms with Crippen molar-refractivity contribution < 1.29 is 14.3 Å². The number of ether oxygens (including phenoxy) is 2. The quantitative estimate of drug-likeness (QED) is 0.388. The van der Waals surface area contributed by atoms with Gasteiger partial charge in [-0.2, -0.15) is 0 Å². The van der Waals surface area contributed by atoms with Crippen LogP contribution in [0.15, 0.2) is 41.9 Å². The van der Waals surface area contributed by atoms with E-state index < -0.39 is 0 Å². The van der Waals surface area contributed by atoms with Gasteiger partial charge in [-0.3, -0.25) is 4.79 Å². The maximum absolute atomic E-state index is 11.9. The van der Waals surface area contributed by atoms with Gasteiger partial charge in [-0.15, -0.1) is 0 Å². The van der Waals surface area contributed by atoms with Crippen LogP contribution in [-0.2, 0) is 16.1 Å². The highest BCUT2D eigenvalue weighted by molar-refractivity contribution is 5.86. The summed E-state index contributed by atoms with van der Waals surface area (Å²) in [6, 6.07) is 7.78. The fraction of sp³-hybridized carbons (Fsp3) is 0.500. The average molecular weight is 374 g/mol. The molecule has 2 rings (SSSR count). The summed E-state index contributed by atoms with van der Waals surface area (Å²) >= 11 is 0. The Labute approximate surface area is 161 Å². The zero-order chi connectivity index (χ0) is 19.5. The molecule has 7 nitrogen and oxygen atoms in total. The van der Waals surface area contributed by atoms with Crippen molar-refractivity contribution in [2.45, 2.75) is 13.0 Å². The lowest BCUT2D eigenvalue weighted by molar-refractivity contribution is -0.127. The molecule has 1 atom stereocenters. The standard InChI is InChI=1S/C20H30N4O3/c1-4-10-27-18-8-6-5-7-17(18)13-22-20(23-14-19(25)24(2)3)21-12-16-9-11-26-15-16/h4-8,16H,1,9-15H2,2-3H3,(H2,21,22,23). The maximum atomic E-state index is 11.9. The number of carbonyl (C=O) groups excluding carboxylic acids is 1. The van der Waals surface area contributed by atoms with Crippen molar-refractivity contribution in [1.82, 2.24) is 15.5 Å². The third-order valence-corrected chi connectivity index (χ3v) is 4.22. The van der Waals surface area contributed by atoms with Crippen LogP contribution in [0, 0.1) is 5.92 Å². The van der Waals surface area contributed by atoms with Gasteiger partial charge in [-0.25, -0.2) is 4.99 Å². The van der Waals surface area contributed by atoms with Gasteiger partial charge >= 0.3 is 0 Å². The van der Waals surface area contributed by atoms with E-state index in [0.717, 1.165) is 37.5 Å². The molecule has 0 bridgehead atoms. The Morgan fingerprint density at radius 1 is 1.41 bits per heavy atom. The number of amides is 1. The summed E-state index contributed by atoms with van der Waals surface area (Å²) in [4.78, 5) is 18.1. The topological polar surface area (TPSA) is 75.2 Å². The maximum Gasteiger partial charge on any atom is 0.241 e. The van der Waals surface area contributed by atoms with Crippen molar-refractivity contribution in [2.75, 3.05) is 47.0 Å². The molecule has 1 fully saturated rings. The second kappa shape index (κ2) is 11.2. The Hall–Kier alpha value is -2.54. The molecule has 0 aromatic heterocycles. The molecule has 1 saturated heterocycles. The lowest BCUT2D eigenvalue weighted by atomic mass is 10.1. The fourth-order valence-electron chi connectivity index (χ4n) is 2.57. The first-order valence-corrected chi connectivity index (χ1v) is 9.21. The zero-order valence-corrected chi connectivity index (χ0v) is 16.2. The van der Waals surface area contributed by atoms with Crippen LogP contribution in [0.5, 0.6) is 5.75 Å². The number of hydrogen-bond acceptors (Lipinski definition) is 4. The van der Waals surface area contributed by atoms with E-state index in [4.69, 9.17) is 9.47 Å². The minimum atomic E-state index is -0.0107. The van der Waals surface area contributed by atoms with Crippen molar-refractivity contribution in [2.24, 2.45) is 10.9 Å². The number of rotatable bonds is 9. The smallest absolute Gasteiger partial charge is 0.241 e. The molecule has 2 N–H and O–H groups in total. The Morgan fingerprint density at radius 3 is 2.93 bits per heavy atom. The van der Waals surface area contributed by atoms with Crippen LogP contribution in [0.3, 0.4) is 0 Å². The summed E-state index contributed by atoms with van der Waals surface area (Å²) in [5.41, 5.74) is 0.976. The number of likely N-dealkylation sites (N-methyl/N-ethyl adjacent to an activating group) is 1. The highest BCUT2D eigenvalue weighted by atomic mass is 16.5. The molecule has 148 valence electrons. The minimum absolute atomic E-state index is 0.0107. The first kappa shape index (κ1) is 20.8. The van der Waals surface area contributed by atoms with E-state index in [0.29, 0.717) is 25.0 Å². The summed E-state index contributed by atoms with van der Waals surface area (Å²) in [7, 11) is 3.47. The van der Waals surface area contributed by atoms with E-state index in [-0.39, 0.29) is 12.5 Å². The molecule has 1 heterocycles. The molecule has 1 aliphatic heterocycles. The summed E-state index contributed by atoms with van der Waals surface area (Å²) in [5.74, 6) is 1.85. The number of benzene rings is 1. The lowest BCUT2D eigenvalue weighted by Gasteiger charge is -2.17. The van der Waals surface area contributed by atoms with Crippen LogP contribution >= 0.6 is 0 Å². The molecule has 1 unspecified atom stereocenters. The third-order valence-electron chi connectivity index (χ3n) is 4.22. The molecule has 0 aliphatic carbocycles. The van der Waals surface area contributed by atoms with Crippen molar-refractivity contribution in [1.29, 1.82) is 0 Å². The number of nitrogens with zero attached hydrogens (tertiary/aromatic N) is 2. The highest BCUT2D eigenvalue weighted by Crippen LogP contribution is 2.18. The second-order valence-corrected chi connectivity index (χ2v) is 6.62.